The van der Waals surface area contributed by atoms with E-state index in [4.69, 9.17) is 4.74 Å². The highest BCUT2D eigenvalue weighted by Gasteiger charge is 2.12. The quantitative estimate of drug-likeness (QED) is 0.862. The minimum atomic E-state index is 0.521. The topological polar surface area (TPSA) is 27.1 Å². The van der Waals surface area contributed by atoms with E-state index in [1.807, 2.05) is 36.0 Å². The Hall–Kier alpha value is -1.29. The predicted molar refractivity (Wildman–Crippen MR) is 75.8 cm³/mol. The highest BCUT2D eigenvalue weighted by Crippen LogP contribution is 2.23. The summed E-state index contributed by atoms with van der Waals surface area (Å²) in [6.07, 6.45) is 0.916. The molecule has 0 N–H and O–H groups in total. The highest BCUT2D eigenvalue weighted by atomic mass is 79.9. The summed E-state index contributed by atoms with van der Waals surface area (Å²) in [4.78, 5) is 0. The third kappa shape index (κ3) is 2.75. The molecule has 0 aliphatic rings. The molecule has 0 aliphatic carbocycles. The van der Waals surface area contributed by atoms with Crippen LogP contribution in [-0.4, -0.2) is 9.78 Å². The maximum Gasteiger partial charge on any atom is 0.131 e. The van der Waals surface area contributed by atoms with Crippen LogP contribution >= 0.6 is 15.9 Å². The molecule has 3 nitrogen and oxygen atoms in total. The molecular weight excluding hydrogens is 292 g/mol. The van der Waals surface area contributed by atoms with Gasteiger partial charge >= 0.3 is 0 Å². The lowest BCUT2D eigenvalue weighted by molar-refractivity contribution is 0.294. The van der Waals surface area contributed by atoms with Gasteiger partial charge in [-0.25, -0.2) is 0 Å². The van der Waals surface area contributed by atoms with E-state index in [1.165, 1.54) is 5.56 Å². The second-order valence-electron chi connectivity index (χ2n) is 4.29. The van der Waals surface area contributed by atoms with Gasteiger partial charge in [0.2, 0.25) is 0 Å². The summed E-state index contributed by atoms with van der Waals surface area (Å²) in [6.45, 7) is 4.68. The fourth-order valence-electron chi connectivity index (χ4n) is 1.76. The Morgan fingerprint density at radius 3 is 2.50 bits per heavy atom. The molecular formula is C14H17BrN2O. The van der Waals surface area contributed by atoms with Crippen LogP contribution in [-0.2, 0) is 20.1 Å². The van der Waals surface area contributed by atoms with Crippen LogP contribution in [0.3, 0.4) is 0 Å². The van der Waals surface area contributed by atoms with Crippen molar-refractivity contribution >= 4 is 15.9 Å². The Morgan fingerprint density at radius 2 is 1.94 bits per heavy atom. The largest absolute Gasteiger partial charge is 0.487 e. The van der Waals surface area contributed by atoms with Crippen molar-refractivity contribution in [3.8, 4) is 5.75 Å². The minimum Gasteiger partial charge on any atom is -0.487 e. The fraction of sp³-hybridized carbons (Fsp3) is 0.357. The first kappa shape index (κ1) is 13.1. The molecule has 1 aromatic heterocycles. The number of aromatic nitrogens is 2. The molecule has 0 unspecified atom stereocenters. The molecule has 0 aliphatic heterocycles. The maximum absolute atomic E-state index is 5.78. The molecule has 0 saturated carbocycles. The van der Waals surface area contributed by atoms with Gasteiger partial charge in [-0.15, -0.1) is 0 Å². The number of benzene rings is 1. The molecule has 2 rings (SSSR count). The summed E-state index contributed by atoms with van der Waals surface area (Å²) < 4.78 is 8.70. The third-order valence-electron chi connectivity index (χ3n) is 2.90. The van der Waals surface area contributed by atoms with E-state index >= 15 is 0 Å². The number of aryl methyl sites for hydroxylation is 3. The lowest BCUT2D eigenvalue weighted by Crippen LogP contribution is -2.03. The number of nitrogens with zero attached hydrogens (tertiary/aromatic N) is 2. The van der Waals surface area contributed by atoms with Gasteiger partial charge in [-0.05, 0) is 41.4 Å². The van der Waals surface area contributed by atoms with E-state index in [1.54, 1.807) is 0 Å². The van der Waals surface area contributed by atoms with Gasteiger partial charge in [0, 0.05) is 7.05 Å². The molecule has 0 radical (unpaired) electrons. The predicted octanol–water partition coefficient (Wildman–Crippen LogP) is 3.63. The second-order valence-corrected chi connectivity index (χ2v) is 5.08. The van der Waals surface area contributed by atoms with E-state index in [-0.39, 0.29) is 0 Å². The van der Waals surface area contributed by atoms with Crippen molar-refractivity contribution in [1.29, 1.82) is 0 Å². The molecule has 0 spiro atoms. The van der Waals surface area contributed by atoms with Gasteiger partial charge in [0.05, 0.1) is 15.9 Å². The smallest absolute Gasteiger partial charge is 0.131 e. The molecule has 0 atom stereocenters. The molecule has 0 saturated heterocycles. The van der Waals surface area contributed by atoms with E-state index < -0.39 is 0 Å². The van der Waals surface area contributed by atoms with Crippen molar-refractivity contribution in [3.63, 3.8) is 0 Å². The molecule has 96 valence electrons. The van der Waals surface area contributed by atoms with Crippen molar-refractivity contribution < 1.29 is 4.74 Å². The lowest BCUT2D eigenvalue weighted by Gasteiger charge is -2.07. The van der Waals surface area contributed by atoms with Gasteiger partial charge in [-0.2, -0.15) is 5.10 Å². The summed E-state index contributed by atoms with van der Waals surface area (Å²) in [6, 6.07) is 8.07. The van der Waals surface area contributed by atoms with Crippen LogP contribution in [0.25, 0.3) is 0 Å². The van der Waals surface area contributed by atoms with Gasteiger partial charge in [-0.3, -0.25) is 4.68 Å². The number of hydrogen-bond donors (Lipinski definition) is 0. The molecule has 0 bridgehead atoms. The second kappa shape index (κ2) is 5.57. The van der Waals surface area contributed by atoms with Gasteiger partial charge in [-0.1, -0.05) is 24.6 Å². The molecule has 4 heteroatoms. The van der Waals surface area contributed by atoms with Crippen LogP contribution in [0, 0.1) is 6.92 Å². The molecule has 1 aromatic carbocycles. The zero-order chi connectivity index (χ0) is 13.1. The van der Waals surface area contributed by atoms with Crippen molar-refractivity contribution in [3.05, 3.63) is 45.7 Å². The molecule has 1 heterocycles. The number of ether oxygens (including phenoxy) is 1. The Labute approximate surface area is 116 Å². The first-order valence-electron chi connectivity index (χ1n) is 6.01. The monoisotopic (exact) mass is 308 g/mol. The summed E-state index contributed by atoms with van der Waals surface area (Å²) in [7, 11) is 1.94. The molecule has 0 amide bonds. The standard InChI is InChI=1S/C14H17BrN2O/c1-4-12-14(15)13(17(3)16-12)9-18-11-7-5-10(2)6-8-11/h5-8H,4,9H2,1-3H3. The molecule has 18 heavy (non-hydrogen) atoms. The Balaban J connectivity index is 2.10. The minimum absolute atomic E-state index is 0.521. The molecule has 0 fully saturated rings. The summed E-state index contributed by atoms with van der Waals surface area (Å²) in [5.41, 5.74) is 3.37. The van der Waals surface area contributed by atoms with Crippen molar-refractivity contribution in [1.82, 2.24) is 9.78 Å². The summed E-state index contributed by atoms with van der Waals surface area (Å²) in [5.74, 6) is 0.881. The fourth-order valence-corrected chi connectivity index (χ4v) is 2.49. The van der Waals surface area contributed by atoms with Crippen molar-refractivity contribution in [2.24, 2.45) is 7.05 Å². The number of hydrogen-bond acceptors (Lipinski definition) is 2. The van der Waals surface area contributed by atoms with Gasteiger partial charge in [0.25, 0.3) is 0 Å². The van der Waals surface area contributed by atoms with E-state index in [0.29, 0.717) is 6.61 Å². The van der Waals surface area contributed by atoms with Crippen molar-refractivity contribution in [2.75, 3.05) is 0 Å². The summed E-state index contributed by atoms with van der Waals surface area (Å²) >= 11 is 3.58. The van der Waals surface area contributed by atoms with Crippen LogP contribution in [0.2, 0.25) is 0 Å². The maximum atomic E-state index is 5.78. The average Bonchev–Trinajstić information content (AvgIpc) is 2.64. The Bertz CT molecular complexity index is 531. The van der Waals surface area contributed by atoms with E-state index in [2.05, 4.69) is 34.9 Å². The van der Waals surface area contributed by atoms with Crippen molar-refractivity contribution in [2.45, 2.75) is 26.9 Å². The first-order valence-corrected chi connectivity index (χ1v) is 6.80. The number of halogens is 1. The zero-order valence-corrected chi connectivity index (χ0v) is 12.5. The first-order chi connectivity index (χ1) is 8.61. The van der Waals surface area contributed by atoms with Crippen LogP contribution in [0.1, 0.15) is 23.9 Å². The highest BCUT2D eigenvalue weighted by molar-refractivity contribution is 9.10. The van der Waals surface area contributed by atoms with Gasteiger partial charge < -0.3 is 4.74 Å². The van der Waals surface area contributed by atoms with Crippen LogP contribution in [0.15, 0.2) is 28.7 Å². The summed E-state index contributed by atoms with van der Waals surface area (Å²) in [5, 5.41) is 4.44. The Kier molecular flexibility index (Phi) is 4.07. The van der Waals surface area contributed by atoms with Crippen LogP contribution in [0.5, 0.6) is 5.75 Å². The Morgan fingerprint density at radius 1 is 1.28 bits per heavy atom. The lowest BCUT2D eigenvalue weighted by atomic mass is 10.2. The molecule has 2 aromatic rings. The number of rotatable bonds is 4. The average molecular weight is 309 g/mol. The van der Waals surface area contributed by atoms with E-state index in [9.17, 15) is 0 Å². The van der Waals surface area contributed by atoms with Gasteiger partial charge in [0.15, 0.2) is 0 Å². The van der Waals surface area contributed by atoms with Crippen LogP contribution in [0.4, 0.5) is 0 Å². The van der Waals surface area contributed by atoms with Crippen LogP contribution < -0.4 is 4.74 Å². The third-order valence-corrected chi connectivity index (χ3v) is 3.81. The van der Waals surface area contributed by atoms with Gasteiger partial charge in [0.1, 0.15) is 12.4 Å². The van der Waals surface area contributed by atoms with E-state index in [0.717, 1.165) is 28.0 Å². The SMILES string of the molecule is CCc1nn(C)c(COc2ccc(C)cc2)c1Br. The normalized spacial score (nSPS) is 10.7. The zero-order valence-electron chi connectivity index (χ0n) is 10.9.